The van der Waals surface area contributed by atoms with Gasteiger partial charge in [-0.25, -0.2) is 0 Å². The van der Waals surface area contributed by atoms with Crippen LogP contribution in [0.2, 0.25) is 0 Å². The molecule has 0 spiro atoms. The van der Waals surface area contributed by atoms with E-state index in [-0.39, 0.29) is 29.1 Å². The molecule has 2 aromatic rings. The molecule has 0 unspecified atom stereocenters. The molecule has 0 radical (unpaired) electrons. The van der Waals surface area contributed by atoms with Crippen LogP contribution < -0.4 is 5.56 Å². The van der Waals surface area contributed by atoms with Crippen LogP contribution in [0, 0.1) is 5.92 Å². The first-order valence-electron chi connectivity index (χ1n) is 11.2. The minimum atomic E-state index is -0.468. The number of likely N-dealkylation sites (tertiary alicyclic amines) is 1. The molecular formula is C24H29N3O4. The lowest BCUT2D eigenvalue weighted by Crippen LogP contribution is -2.54. The third-order valence-corrected chi connectivity index (χ3v) is 6.83. The van der Waals surface area contributed by atoms with Crippen LogP contribution in [0.25, 0.3) is 0 Å². The number of pyridine rings is 1. The van der Waals surface area contributed by atoms with Gasteiger partial charge >= 0.3 is 0 Å². The van der Waals surface area contributed by atoms with Crippen molar-refractivity contribution in [3.05, 3.63) is 64.1 Å². The van der Waals surface area contributed by atoms with E-state index in [4.69, 9.17) is 4.74 Å². The first-order chi connectivity index (χ1) is 15.1. The number of ether oxygens (including phenoxy) is 1. The average molecular weight is 424 g/mol. The predicted molar refractivity (Wildman–Crippen MR) is 116 cm³/mol. The number of phenols is 1. The van der Waals surface area contributed by atoms with Gasteiger partial charge in [0.15, 0.2) is 0 Å². The first-order valence-corrected chi connectivity index (χ1v) is 11.2. The number of benzene rings is 1. The highest BCUT2D eigenvalue weighted by Gasteiger charge is 2.44. The molecule has 0 aliphatic carbocycles. The largest absolute Gasteiger partial charge is 0.508 e. The van der Waals surface area contributed by atoms with Crippen LogP contribution in [-0.2, 0) is 16.1 Å². The Morgan fingerprint density at radius 2 is 1.97 bits per heavy atom. The van der Waals surface area contributed by atoms with Crippen LogP contribution in [0.4, 0.5) is 0 Å². The topological polar surface area (TPSA) is 75.0 Å². The summed E-state index contributed by atoms with van der Waals surface area (Å²) in [7, 11) is 0. The van der Waals surface area contributed by atoms with Crippen LogP contribution in [0.5, 0.6) is 5.75 Å². The summed E-state index contributed by atoms with van der Waals surface area (Å²) < 4.78 is 7.32. The number of fused-ring (bicyclic) bond motifs is 4. The zero-order valence-corrected chi connectivity index (χ0v) is 17.7. The molecule has 1 N–H and O–H groups in total. The zero-order chi connectivity index (χ0) is 21.4. The molecule has 3 aliphatic rings. The SMILES string of the molecule is O=C([C@H]1[C@@H]2C[C@@H](CN(Cc3cccc(O)c3)C2)c2cccc(=O)n21)N1CCCOCC1. The minimum Gasteiger partial charge on any atom is -0.508 e. The number of rotatable bonds is 3. The Morgan fingerprint density at radius 1 is 1.10 bits per heavy atom. The third-order valence-electron chi connectivity index (χ3n) is 6.83. The smallest absolute Gasteiger partial charge is 0.251 e. The van der Waals surface area contributed by atoms with E-state index in [1.54, 1.807) is 22.8 Å². The van der Waals surface area contributed by atoms with Crippen LogP contribution in [0.15, 0.2) is 47.3 Å². The van der Waals surface area contributed by atoms with E-state index in [9.17, 15) is 14.7 Å². The standard InChI is InChI=1S/C24H29N3O4/c28-20-5-1-4-17(12-20)14-25-15-18-13-19(16-25)23(27-21(18)6-2-7-22(27)29)24(30)26-8-3-10-31-11-9-26/h1-2,4-7,12,18-19,23,28H,3,8-11,13-16H2/t18-,19+,23+/m0/s1. The molecule has 2 bridgehead atoms. The number of phenolic OH excluding ortho intramolecular Hbond substituents is 1. The monoisotopic (exact) mass is 423 g/mol. The Kier molecular flexibility index (Phi) is 5.54. The molecule has 2 saturated heterocycles. The van der Waals surface area contributed by atoms with Crippen LogP contribution in [0.3, 0.4) is 0 Å². The second kappa shape index (κ2) is 8.48. The lowest BCUT2D eigenvalue weighted by Gasteiger charge is -2.47. The molecule has 5 rings (SSSR count). The van der Waals surface area contributed by atoms with Crippen molar-refractivity contribution in [1.29, 1.82) is 0 Å². The quantitative estimate of drug-likeness (QED) is 0.817. The Balaban J connectivity index is 1.47. The number of carbonyl (C=O) groups is 1. The predicted octanol–water partition coefficient (Wildman–Crippen LogP) is 1.96. The van der Waals surface area contributed by atoms with Crippen LogP contribution in [0.1, 0.15) is 36.1 Å². The van der Waals surface area contributed by atoms with Crippen molar-refractivity contribution in [2.75, 3.05) is 39.4 Å². The van der Waals surface area contributed by atoms with Crippen molar-refractivity contribution in [2.45, 2.75) is 31.3 Å². The van der Waals surface area contributed by atoms with Gasteiger partial charge in [-0.15, -0.1) is 0 Å². The molecule has 3 atom stereocenters. The van der Waals surface area contributed by atoms with Crippen molar-refractivity contribution in [1.82, 2.24) is 14.4 Å². The van der Waals surface area contributed by atoms with Gasteiger partial charge in [0.25, 0.3) is 5.56 Å². The van der Waals surface area contributed by atoms with E-state index >= 15 is 0 Å². The molecule has 0 saturated carbocycles. The highest BCUT2D eigenvalue weighted by Crippen LogP contribution is 2.42. The summed E-state index contributed by atoms with van der Waals surface area (Å²) in [6.45, 7) is 4.80. The number of hydrogen-bond donors (Lipinski definition) is 1. The number of aromatic nitrogens is 1. The number of carbonyl (C=O) groups excluding carboxylic acids is 1. The van der Waals surface area contributed by atoms with Crippen molar-refractivity contribution in [3.63, 3.8) is 0 Å². The Hall–Kier alpha value is -2.64. The number of amides is 1. The number of nitrogens with zero attached hydrogens (tertiary/aromatic N) is 3. The summed E-state index contributed by atoms with van der Waals surface area (Å²) in [6.07, 6.45) is 1.74. The van der Waals surface area contributed by atoms with E-state index in [0.29, 0.717) is 26.3 Å². The summed E-state index contributed by atoms with van der Waals surface area (Å²) in [5.74, 6) is 0.618. The van der Waals surface area contributed by atoms with Gasteiger partial charge in [-0.2, -0.15) is 0 Å². The molecule has 1 aromatic heterocycles. The Bertz CT molecular complexity index is 1010. The molecule has 3 aliphatic heterocycles. The van der Waals surface area contributed by atoms with E-state index in [1.165, 1.54) is 0 Å². The number of aromatic hydroxyl groups is 1. The van der Waals surface area contributed by atoms with Gasteiger partial charge in [0.2, 0.25) is 5.91 Å². The highest BCUT2D eigenvalue weighted by atomic mass is 16.5. The van der Waals surface area contributed by atoms with Crippen molar-refractivity contribution in [2.24, 2.45) is 5.92 Å². The van der Waals surface area contributed by atoms with Crippen LogP contribution >= 0.6 is 0 Å². The molecule has 164 valence electrons. The second-order valence-corrected chi connectivity index (χ2v) is 8.95. The van der Waals surface area contributed by atoms with Gasteiger partial charge in [-0.05, 0) is 36.6 Å². The summed E-state index contributed by atoms with van der Waals surface area (Å²) in [6, 6.07) is 12.3. The van der Waals surface area contributed by atoms with Crippen LogP contribution in [-0.4, -0.2) is 64.8 Å². The fourth-order valence-corrected chi connectivity index (χ4v) is 5.54. The Morgan fingerprint density at radius 3 is 2.84 bits per heavy atom. The second-order valence-electron chi connectivity index (χ2n) is 8.95. The molecule has 7 nitrogen and oxygen atoms in total. The molecular weight excluding hydrogens is 394 g/mol. The fraction of sp³-hybridized carbons (Fsp3) is 0.500. The van der Waals surface area contributed by atoms with E-state index in [1.807, 2.05) is 29.2 Å². The first kappa shape index (κ1) is 20.3. The summed E-state index contributed by atoms with van der Waals surface area (Å²) in [5, 5.41) is 9.83. The van der Waals surface area contributed by atoms with E-state index in [2.05, 4.69) is 4.90 Å². The van der Waals surface area contributed by atoms with Gasteiger partial charge in [-0.1, -0.05) is 18.2 Å². The van der Waals surface area contributed by atoms with Crippen molar-refractivity contribution < 1.29 is 14.6 Å². The van der Waals surface area contributed by atoms with Crippen molar-refractivity contribution >= 4 is 5.91 Å². The lowest BCUT2D eigenvalue weighted by molar-refractivity contribution is -0.138. The summed E-state index contributed by atoms with van der Waals surface area (Å²) in [5.41, 5.74) is 1.94. The molecule has 2 fully saturated rings. The Labute approximate surface area is 181 Å². The summed E-state index contributed by atoms with van der Waals surface area (Å²) >= 11 is 0. The van der Waals surface area contributed by atoms with E-state index < -0.39 is 6.04 Å². The average Bonchev–Trinajstić information content (AvgIpc) is 3.04. The molecule has 1 aromatic carbocycles. The summed E-state index contributed by atoms with van der Waals surface area (Å²) in [4.78, 5) is 30.8. The van der Waals surface area contributed by atoms with Gasteiger partial charge < -0.3 is 14.7 Å². The molecule has 7 heteroatoms. The molecule has 31 heavy (non-hydrogen) atoms. The highest BCUT2D eigenvalue weighted by molar-refractivity contribution is 5.81. The lowest BCUT2D eigenvalue weighted by atomic mass is 9.77. The minimum absolute atomic E-state index is 0.0442. The van der Waals surface area contributed by atoms with Gasteiger partial charge in [-0.3, -0.25) is 19.1 Å². The van der Waals surface area contributed by atoms with Gasteiger partial charge in [0.1, 0.15) is 11.8 Å². The third kappa shape index (κ3) is 4.00. The van der Waals surface area contributed by atoms with Crippen molar-refractivity contribution in [3.8, 4) is 5.75 Å². The van der Waals surface area contributed by atoms with Gasteiger partial charge in [0.05, 0.1) is 6.61 Å². The molecule has 4 heterocycles. The van der Waals surface area contributed by atoms with E-state index in [0.717, 1.165) is 43.7 Å². The maximum absolute atomic E-state index is 13.7. The maximum Gasteiger partial charge on any atom is 0.251 e. The fourth-order valence-electron chi connectivity index (χ4n) is 5.54. The number of piperidine rings is 1. The number of hydrogen-bond acceptors (Lipinski definition) is 5. The zero-order valence-electron chi connectivity index (χ0n) is 17.7. The normalized spacial score (nSPS) is 26.2. The maximum atomic E-state index is 13.7. The van der Waals surface area contributed by atoms with Gasteiger partial charge in [0, 0.05) is 62.9 Å². The molecule has 1 amide bonds.